The molecule has 0 spiro atoms. The van der Waals surface area contributed by atoms with Gasteiger partial charge in [0, 0.05) is 18.4 Å². The van der Waals surface area contributed by atoms with Gasteiger partial charge in [0.05, 0.1) is 0 Å². The number of hydrogen-bond acceptors (Lipinski definition) is 3. The fourth-order valence-corrected chi connectivity index (χ4v) is 2.39. The zero-order chi connectivity index (χ0) is 7.94. The molecule has 0 aromatic carbocycles. The predicted molar refractivity (Wildman–Crippen MR) is 50.1 cm³/mol. The number of aliphatic hydroxyl groups is 1. The van der Waals surface area contributed by atoms with Crippen LogP contribution in [0, 0.1) is 0 Å². The normalized spacial score (nSPS) is 25.4. The Hall–Kier alpha value is 0.270. The summed E-state index contributed by atoms with van der Waals surface area (Å²) >= 11 is 2.04. The molecule has 1 aliphatic rings. The van der Waals surface area contributed by atoms with Gasteiger partial charge in [0.15, 0.2) is 0 Å². The number of rotatable bonds is 4. The van der Waals surface area contributed by atoms with E-state index in [1.54, 1.807) is 0 Å². The summed E-state index contributed by atoms with van der Waals surface area (Å²) < 4.78 is 0. The lowest BCUT2D eigenvalue weighted by Gasteiger charge is -2.22. The van der Waals surface area contributed by atoms with E-state index >= 15 is 0 Å². The first-order valence-corrected chi connectivity index (χ1v) is 5.51. The van der Waals surface area contributed by atoms with E-state index in [4.69, 9.17) is 5.11 Å². The van der Waals surface area contributed by atoms with E-state index in [-0.39, 0.29) is 0 Å². The van der Waals surface area contributed by atoms with E-state index in [1.807, 2.05) is 11.8 Å². The molecular formula is C8H17NOS. The van der Waals surface area contributed by atoms with E-state index in [0.717, 1.165) is 13.0 Å². The summed E-state index contributed by atoms with van der Waals surface area (Å²) in [5.74, 6) is 2.59. The van der Waals surface area contributed by atoms with Crippen LogP contribution in [0.1, 0.15) is 19.3 Å². The van der Waals surface area contributed by atoms with Crippen LogP contribution in [-0.4, -0.2) is 35.8 Å². The Morgan fingerprint density at radius 2 is 2.45 bits per heavy atom. The maximum atomic E-state index is 8.55. The average molecular weight is 175 g/mol. The van der Waals surface area contributed by atoms with Crippen LogP contribution in [0.4, 0.5) is 0 Å². The SMILES string of the molecule is OCCCNC1CCCSC1. The van der Waals surface area contributed by atoms with E-state index in [2.05, 4.69) is 5.32 Å². The van der Waals surface area contributed by atoms with Gasteiger partial charge in [-0.15, -0.1) is 0 Å². The maximum absolute atomic E-state index is 8.55. The summed E-state index contributed by atoms with van der Waals surface area (Å²) in [4.78, 5) is 0. The number of nitrogens with one attached hydrogen (secondary N) is 1. The molecule has 2 nitrogen and oxygen atoms in total. The molecule has 1 rings (SSSR count). The monoisotopic (exact) mass is 175 g/mol. The first-order valence-electron chi connectivity index (χ1n) is 4.35. The van der Waals surface area contributed by atoms with Gasteiger partial charge < -0.3 is 10.4 Å². The van der Waals surface area contributed by atoms with Gasteiger partial charge in [-0.2, -0.15) is 11.8 Å². The van der Waals surface area contributed by atoms with Gasteiger partial charge in [-0.05, 0) is 31.6 Å². The van der Waals surface area contributed by atoms with Crippen molar-refractivity contribution in [2.75, 3.05) is 24.7 Å². The highest BCUT2D eigenvalue weighted by atomic mass is 32.2. The molecule has 1 unspecified atom stereocenters. The van der Waals surface area contributed by atoms with Crippen LogP contribution in [-0.2, 0) is 0 Å². The smallest absolute Gasteiger partial charge is 0.0443 e. The second-order valence-corrected chi connectivity index (χ2v) is 4.10. The van der Waals surface area contributed by atoms with Crippen LogP contribution in [0.2, 0.25) is 0 Å². The quantitative estimate of drug-likeness (QED) is 0.621. The summed E-state index contributed by atoms with van der Waals surface area (Å²) in [6, 6.07) is 0.709. The summed E-state index contributed by atoms with van der Waals surface area (Å²) in [5.41, 5.74) is 0. The van der Waals surface area contributed by atoms with Crippen LogP contribution < -0.4 is 5.32 Å². The van der Waals surface area contributed by atoms with Gasteiger partial charge in [0.25, 0.3) is 0 Å². The molecule has 0 aromatic heterocycles. The Kier molecular flexibility index (Phi) is 4.99. The summed E-state index contributed by atoms with van der Waals surface area (Å²) in [5, 5.41) is 12.0. The molecule has 11 heavy (non-hydrogen) atoms. The number of hydrogen-bond donors (Lipinski definition) is 2. The number of aliphatic hydroxyl groups excluding tert-OH is 1. The Balaban J connectivity index is 1.96. The molecule has 1 heterocycles. The molecule has 0 bridgehead atoms. The fraction of sp³-hybridized carbons (Fsp3) is 1.00. The van der Waals surface area contributed by atoms with Crippen molar-refractivity contribution in [1.29, 1.82) is 0 Å². The Bertz CT molecular complexity index is 94.1. The van der Waals surface area contributed by atoms with Crippen molar-refractivity contribution in [3.05, 3.63) is 0 Å². The third kappa shape index (κ3) is 3.99. The summed E-state index contributed by atoms with van der Waals surface area (Å²) in [6.07, 6.45) is 3.56. The molecule has 0 aliphatic carbocycles. The molecule has 2 N–H and O–H groups in total. The second kappa shape index (κ2) is 5.86. The molecular weight excluding hydrogens is 158 g/mol. The minimum atomic E-state index is 0.312. The molecule has 3 heteroatoms. The van der Waals surface area contributed by atoms with Crippen LogP contribution >= 0.6 is 11.8 Å². The highest BCUT2D eigenvalue weighted by molar-refractivity contribution is 7.99. The van der Waals surface area contributed by atoms with Crippen molar-refractivity contribution >= 4 is 11.8 Å². The molecule has 1 fully saturated rings. The van der Waals surface area contributed by atoms with Crippen LogP contribution in [0.15, 0.2) is 0 Å². The minimum absolute atomic E-state index is 0.312. The fourth-order valence-electron chi connectivity index (χ4n) is 1.29. The van der Waals surface area contributed by atoms with Crippen molar-refractivity contribution in [1.82, 2.24) is 5.32 Å². The average Bonchev–Trinajstić information content (AvgIpc) is 2.07. The molecule has 0 aromatic rings. The molecule has 66 valence electrons. The Morgan fingerprint density at radius 1 is 1.55 bits per heavy atom. The zero-order valence-corrected chi connectivity index (χ0v) is 7.70. The Labute approximate surface area is 72.8 Å². The topological polar surface area (TPSA) is 32.3 Å². The van der Waals surface area contributed by atoms with Gasteiger partial charge in [-0.25, -0.2) is 0 Å². The second-order valence-electron chi connectivity index (χ2n) is 2.95. The highest BCUT2D eigenvalue weighted by Gasteiger charge is 2.11. The van der Waals surface area contributed by atoms with E-state index in [0.29, 0.717) is 12.6 Å². The van der Waals surface area contributed by atoms with Crippen LogP contribution in [0.5, 0.6) is 0 Å². The number of thioether (sulfide) groups is 1. The van der Waals surface area contributed by atoms with E-state index < -0.39 is 0 Å². The van der Waals surface area contributed by atoms with Crippen molar-refractivity contribution < 1.29 is 5.11 Å². The van der Waals surface area contributed by atoms with Crippen LogP contribution in [0.3, 0.4) is 0 Å². The lowest BCUT2D eigenvalue weighted by molar-refractivity contribution is 0.283. The molecule has 0 amide bonds. The van der Waals surface area contributed by atoms with Crippen molar-refractivity contribution in [2.45, 2.75) is 25.3 Å². The van der Waals surface area contributed by atoms with Gasteiger partial charge >= 0.3 is 0 Å². The molecule has 0 saturated carbocycles. The maximum Gasteiger partial charge on any atom is 0.0443 e. The van der Waals surface area contributed by atoms with E-state index in [1.165, 1.54) is 24.3 Å². The van der Waals surface area contributed by atoms with Crippen molar-refractivity contribution in [3.63, 3.8) is 0 Å². The van der Waals surface area contributed by atoms with Crippen molar-refractivity contribution in [2.24, 2.45) is 0 Å². The first-order chi connectivity index (χ1) is 5.43. The molecule has 0 radical (unpaired) electrons. The van der Waals surface area contributed by atoms with Crippen molar-refractivity contribution in [3.8, 4) is 0 Å². The van der Waals surface area contributed by atoms with Gasteiger partial charge in [0.1, 0.15) is 0 Å². The molecule has 1 aliphatic heterocycles. The lowest BCUT2D eigenvalue weighted by Crippen LogP contribution is -2.34. The standard InChI is InChI=1S/C8H17NOS/c10-5-2-4-9-8-3-1-6-11-7-8/h8-10H,1-7H2. The largest absolute Gasteiger partial charge is 0.396 e. The summed E-state index contributed by atoms with van der Waals surface area (Å²) in [6.45, 7) is 1.29. The third-order valence-corrected chi connectivity index (χ3v) is 3.14. The van der Waals surface area contributed by atoms with E-state index in [9.17, 15) is 0 Å². The first kappa shape index (κ1) is 9.36. The molecule has 1 atom stereocenters. The predicted octanol–water partition coefficient (Wildman–Crippen LogP) is 0.854. The third-order valence-electron chi connectivity index (χ3n) is 1.93. The lowest BCUT2D eigenvalue weighted by atomic mass is 10.2. The molecule has 1 saturated heterocycles. The van der Waals surface area contributed by atoms with Gasteiger partial charge in [0.2, 0.25) is 0 Å². The Morgan fingerprint density at radius 3 is 3.09 bits per heavy atom. The minimum Gasteiger partial charge on any atom is -0.396 e. The summed E-state index contributed by atoms with van der Waals surface area (Å²) in [7, 11) is 0. The van der Waals surface area contributed by atoms with Gasteiger partial charge in [-0.3, -0.25) is 0 Å². The van der Waals surface area contributed by atoms with Crippen LogP contribution in [0.25, 0.3) is 0 Å². The zero-order valence-electron chi connectivity index (χ0n) is 6.88. The highest BCUT2D eigenvalue weighted by Crippen LogP contribution is 2.16. The van der Waals surface area contributed by atoms with Gasteiger partial charge in [-0.1, -0.05) is 0 Å².